The summed E-state index contributed by atoms with van der Waals surface area (Å²) in [5.41, 5.74) is 4.13. The van der Waals surface area contributed by atoms with Gasteiger partial charge in [0.2, 0.25) is 0 Å². The van der Waals surface area contributed by atoms with Crippen LogP contribution in [0.1, 0.15) is 51.0 Å². The number of nitrogens with zero attached hydrogens (tertiary/aromatic N) is 4. The van der Waals surface area contributed by atoms with Gasteiger partial charge in [0.05, 0.1) is 17.1 Å². The zero-order valence-electron chi connectivity index (χ0n) is 17.4. The summed E-state index contributed by atoms with van der Waals surface area (Å²) in [5.74, 6) is 1.11. The quantitative estimate of drug-likeness (QED) is 0.205. The normalized spacial score (nSPS) is 27.6. The van der Waals surface area contributed by atoms with E-state index in [0.29, 0.717) is 5.56 Å². The van der Waals surface area contributed by atoms with E-state index in [0.717, 1.165) is 37.2 Å². The molecule has 1 aromatic rings. The van der Waals surface area contributed by atoms with Gasteiger partial charge in [0.15, 0.2) is 4.20 Å². The molecular weight excluding hydrogens is 454 g/mol. The van der Waals surface area contributed by atoms with Crippen molar-refractivity contribution >= 4 is 46.6 Å². The lowest BCUT2D eigenvalue weighted by Crippen LogP contribution is -2.32. The summed E-state index contributed by atoms with van der Waals surface area (Å²) in [6.45, 7) is 4.19. The van der Waals surface area contributed by atoms with Crippen molar-refractivity contribution in [3.05, 3.63) is 38.9 Å². The average Bonchev–Trinajstić information content (AvgIpc) is 3.32. The molecule has 3 atom stereocenters. The number of nitriles is 2. The van der Waals surface area contributed by atoms with Crippen molar-refractivity contribution < 1.29 is 4.92 Å². The summed E-state index contributed by atoms with van der Waals surface area (Å²) in [4.78, 5) is 15.6. The SMILES string of the molecule is CCCCSC1(SCCCC)N=C(N)C2(C#N)C(c3ccc(Cl)c([N+](=O)[O-])c3)C12C#N. The molecule has 7 nitrogen and oxygen atoms in total. The number of halogens is 1. The lowest BCUT2D eigenvalue weighted by atomic mass is 9.97. The van der Waals surface area contributed by atoms with E-state index in [1.165, 1.54) is 12.1 Å². The Morgan fingerprint density at radius 3 is 2.32 bits per heavy atom. The third-order valence-electron chi connectivity index (χ3n) is 6.02. The molecule has 2 aliphatic rings. The standard InChI is InChI=1S/C21H24ClN5O2S2/c1-3-5-9-30-21(31-10-6-4-2)20(13-24)17(19(20,12-23)18(25)26-21)14-7-8-15(22)16(11-14)27(28)29/h7-8,11,17H,3-6,9-10H2,1-2H3,(H2,25,26). The molecule has 1 aromatic carbocycles. The smallest absolute Gasteiger partial charge is 0.288 e. The summed E-state index contributed by atoms with van der Waals surface area (Å²) in [7, 11) is 0. The van der Waals surface area contributed by atoms with E-state index in [-0.39, 0.29) is 16.5 Å². The van der Waals surface area contributed by atoms with Crippen LogP contribution in [-0.2, 0) is 0 Å². The zero-order valence-corrected chi connectivity index (χ0v) is 19.8. The molecule has 2 N–H and O–H groups in total. The van der Waals surface area contributed by atoms with Gasteiger partial charge in [-0.1, -0.05) is 44.4 Å². The van der Waals surface area contributed by atoms with Crippen LogP contribution >= 0.6 is 35.1 Å². The second kappa shape index (κ2) is 8.90. The predicted molar refractivity (Wildman–Crippen MR) is 126 cm³/mol. The van der Waals surface area contributed by atoms with Crippen LogP contribution in [0.4, 0.5) is 5.69 Å². The van der Waals surface area contributed by atoms with Gasteiger partial charge >= 0.3 is 0 Å². The van der Waals surface area contributed by atoms with E-state index >= 15 is 0 Å². The molecule has 1 aliphatic heterocycles. The topological polar surface area (TPSA) is 129 Å². The number of hydrogen-bond donors (Lipinski definition) is 1. The summed E-state index contributed by atoms with van der Waals surface area (Å²) >= 11 is 9.14. The van der Waals surface area contributed by atoms with E-state index in [9.17, 15) is 20.6 Å². The number of unbranched alkanes of at least 4 members (excludes halogenated alkanes) is 2. The number of nitrogens with two attached hydrogens (primary N) is 1. The minimum Gasteiger partial charge on any atom is -0.386 e. The molecular formula is C21H24ClN5O2S2. The fourth-order valence-corrected chi connectivity index (χ4v) is 8.29. The Labute approximate surface area is 195 Å². The maximum Gasteiger partial charge on any atom is 0.288 e. The molecule has 10 heteroatoms. The monoisotopic (exact) mass is 477 g/mol. The van der Waals surface area contributed by atoms with Crippen LogP contribution in [0, 0.1) is 43.6 Å². The molecule has 1 saturated carbocycles. The molecule has 1 heterocycles. The van der Waals surface area contributed by atoms with Crippen molar-refractivity contribution in [2.75, 3.05) is 11.5 Å². The number of aliphatic imine (C=N–C) groups is 1. The minimum atomic E-state index is -1.30. The summed E-state index contributed by atoms with van der Waals surface area (Å²) in [6.07, 6.45) is 3.90. The largest absolute Gasteiger partial charge is 0.386 e. The van der Waals surface area contributed by atoms with Crippen LogP contribution < -0.4 is 5.73 Å². The van der Waals surface area contributed by atoms with E-state index in [1.54, 1.807) is 29.6 Å². The second-order valence-electron chi connectivity index (χ2n) is 7.72. The van der Waals surface area contributed by atoms with Gasteiger partial charge in [0.25, 0.3) is 5.69 Å². The van der Waals surface area contributed by atoms with E-state index < -0.39 is 25.9 Å². The summed E-state index contributed by atoms with van der Waals surface area (Å²) < 4.78 is -0.926. The lowest BCUT2D eigenvalue weighted by molar-refractivity contribution is -0.384. The maximum atomic E-state index is 11.4. The van der Waals surface area contributed by atoms with Crippen LogP contribution in [0.15, 0.2) is 23.2 Å². The van der Waals surface area contributed by atoms with Gasteiger partial charge in [-0.25, -0.2) is 4.99 Å². The minimum absolute atomic E-state index is 0.0131. The van der Waals surface area contributed by atoms with Gasteiger partial charge in [-0.15, -0.1) is 23.5 Å². The Bertz CT molecular complexity index is 994. The molecule has 0 amide bonds. The van der Waals surface area contributed by atoms with Crippen LogP contribution in [0.5, 0.6) is 0 Å². The maximum absolute atomic E-state index is 11.4. The van der Waals surface area contributed by atoms with Crippen molar-refractivity contribution in [2.45, 2.75) is 49.7 Å². The first-order valence-corrected chi connectivity index (χ1v) is 12.6. The first-order valence-electron chi connectivity index (χ1n) is 10.2. The number of amidine groups is 1. The van der Waals surface area contributed by atoms with Crippen LogP contribution in [0.2, 0.25) is 5.02 Å². The van der Waals surface area contributed by atoms with Crippen LogP contribution in [0.25, 0.3) is 0 Å². The third-order valence-corrected chi connectivity index (χ3v) is 9.64. The summed E-state index contributed by atoms with van der Waals surface area (Å²) in [6, 6.07) is 9.20. The van der Waals surface area contributed by atoms with Gasteiger partial charge in [-0.3, -0.25) is 10.1 Å². The number of benzene rings is 1. The number of fused-ring (bicyclic) bond motifs is 1. The highest BCUT2D eigenvalue weighted by Crippen LogP contribution is 2.85. The number of hydrogen-bond acceptors (Lipinski definition) is 8. The van der Waals surface area contributed by atoms with Crippen molar-refractivity contribution in [3.8, 4) is 12.1 Å². The fourth-order valence-electron chi connectivity index (χ4n) is 4.42. The Hall–Kier alpha value is -1.94. The Balaban J connectivity index is 2.14. The molecule has 0 bridgehead atoms. The molecule has 0 spiro atoms. The first kappa shape index (κ1) is 23.7. The molecule has 31 heavy (non-hydrogen) atoms. The van der Waals surface area contributed by atoms with Crippen LogP contribution in [0.3, 0.4) is 0 Å². The molecule has 0 saturated heterocycles. The molecule has 3 rings (SSSR count). The molecule has 0 radical (unpaired) electrons. The van der Waals surface area contributed by atoms with Crippen molar-refractivity contribution in [1.82, 2.24) is 0 Å². The third kappa shape index (κ3) is 3.29. The Morgan fingerprint density at radius 1 is 1.23 bits per heavy atom. The highest BCUT2D eigenvalue weighted by atomic mass is 35.5. The van der Waals surface area contributed by atoms with E-state index in [1.807, 2.05) is 0 Å². The van der Waals surface area contributed by atoms with Gasteiger partial charge in [-0.05, 0) is 36.0 Å². The second-order valence-corrected chi connectivity index (χ2v) is 11.0. The first-order chi connectivity index (χ1) is 14.8. The van der Waals surface area contributed by atoms with Crippen LogP contribution in [-0.4, -0.2) is 26.5 Å². The van der Waals surface area contributed by atoms with E-state index in [2.05, 4.69) is 26.0 Å². The van der Waals surface area contributed by atoms with Crippen molar-refractivity contribution in [2.24, 2.45) is 21.6 Å². The molecule has 0 aromatic heterocycles. The Morgan fingerprint density at radius 2 is 1.84 bits per heavy atom. The molecule has 3 unspecified atom stereocenters. The molecule has 1 fully saturated rings. The van der Waals surface area contributed by atoms with Gasteiger partial charge < -0.3 is 5.73 Å². The lowest BCUT2D eigenvalue weighted by Gasteiger charge is -2.32. The van der Waals surface area contributed by atoms with Crippen molar-refractivity contribution in [3.63, 3.8) is 0 Å². The summed E-state index contributed by atoms with van der Waals surface area (Å²) in [5, 5.41) is 32.2. The number of thioether (sulfide) groups is 2. The zero-order chi connectivity index (χ0) is 22.9. The average molecular weight is 478 g/mol. The predicted octanol–water partition coefficient (Wildman–Crippen LogP) is 5.46. The number of rotatable bonds is 10. The fraction of sp³-hybridized carbons (Fsp3) is 0.571. The number of nitro benzene ring substituents is 1. The Kier molecular flexibility index (Phi) is 6.81. The highest BCUT2D eigenvalue weighted by molar-refractivity contribution is 8.18. The van der Waals surface area contributed by atoms with Crippen molar-refractivity contribution in [1.29, 1.82) is 10.5 Å². The van der Waals surface area contributed by atoms with Gasteiger partial charge in [0, 0.05) is 12.0 Å². The molecule has 164 valence electrons. The molecule has 1 aliphatic carbocycles. The highest BCUT2D eigenvalue weighted by Gasteiger charge is 2.92. The number of nitro groups is 1. The van der Waals surface area contributed by atoms with E-state index in [4.69, 9.17) is 22.3 Å². The van der Waals surface area contributed by atoms with Gasteiger partial charge in [-0.2, -0.15) is 10.5 Å². The van der Waals surface area contributed by atoms with Gasteiger partial charge in [0.1, 0.15) is 21.7 Å².